The van der Waals surface area contributed by atoms with Crippen molar-refractivity contribution in [2.45, 2.75) is 78.0 Å². The van der Waals surface area contributed by atoms with Gasteiger partial charge >= 0.3 is 0 Å². The molecule has 1 rings (SSSR count). The topological polar surface area (TPSA) is 45.0 Å². The molecular formula is C16H30N2O. The van der Waals surface area contributed by atoms with Gasteiger partial charge in [0.15, 0.2) is 0 Å². The summed E-state index contributed by atoms with van der Waals surface area (Å²) < 4.78 is 6.16. The molecule has 0 radical (unpaired) electrons. The molecule has 5 atom stereocenters. The van der Waals surface area contributed by atoms with Gasteiger partial charge in [0.25, 0.3) is 0 Å². The summed E-state index contributed by atoms with van der Waals surface area (Å²) in [6, 6.07) is 2.37. The Kier molecular flexibility index (Phi) is 6.29. The van der Waals surface area contributed by atoms with Gasteiger partial charge in [0.1, 0.15) is 5.54 Å². The van der Waals surface area contributed by atoms with Crippen molar-refractivity contribution < 1.29 is 4.74 Å². The van der Waals surface area contributed by atoms with Crippen molar-refractivity contribution in [3.63, 3.8) is 0 Å². The molecule has 0 aromatic rings. The first-order valence-electron chi connectivity index (χ1n) is 7.72. The maximum Gasteiger partial charge on any atom is 0.106 e. The molecule has 0 aliphatic heterocycles. The number of rotatable bonds is 6. The Labute approximate surface area is 118 Å². The van der Waals surface area contributed by atoms with Crippen LogP contribution in [-0.4, -0.2) is 24.3 Å². The molecule has 1 aliphatic carbocycles. The Morgan fingerprint density at radius 1 is 1.37 bits per heavy atom. The molecule has 0 aromatic carbocycles. The molecule has 0 saturated heterocycles. The molecule has 19 heavy (non-hydrogen) atoms. The van der Waals surface area contributed by atoms with Crippen molar-refractivity contribution >= 4 is 0 Å². The van der Waals surface area contributed by atoms with Crippen molar-refractivity contribution in [1.82, 2.24) is 5.32 Å². The predicted octanol–water partition coefficient (Wildman–Crippen LogP) is 3.50. The number of nitrogens with zero attached hydrogens (tertiary/aromatic N) is 1. The van der Waals surface area contributed by atoms with E-state index in [9.17, 15) is 5.26 Å². The van der Waals surface area contributed by atoms with Crippen molar-refractivity contribution in [3.05, 3.63) is 0 Å². The van der Waals surface area contributed by atoms with Gasteiger partial charge < -0.3 is 4.74 Å². The van der Waals surface area contributed by atoms with Crippen molar-refractivity contribution in [2.75, 3.05) is 6.54 Å². The highest BCUT2D eigenvalue weighted by Gasteiger charge is 2.30. The fourth-order valence-electron chi connectivity index (χ4n) is 3.12. The summed E-state index contributed by atoms with van der Waals surface area (Å²) in [6.07, 6.45) is 4.86. The Morgan fingerprint density at radius 3 is 2.58 bits per heavy atom. The zero-order valence-electron chi connectivity index (χ0n) is 13.2. The van der Waals surface area contributed by atoms with E-state index in [1.165, 1.54) is 12.8 Å². The van der Waals surface area contributed by atoms with E-state index < -0.39 is 5.54 Å². The second-order valence-corrected chi connectivity index (χ2v) is 6.51. The van der Waals surface area contributed by atoms with Gasteiger partial charge in [0.05, 0.1) is 18.3 Å². The number of hydrogen-bond donors (Lipinski definition) is 1. The Bertz CT molecular complexity index is 312. The number of nitriles is 1. The van der Waals surface area contributed by atoms with E-state index in [2.05, 4.69) is 32.2 Å². The number of hydrogen-bond acceptors (Lipinski definition) is 3. The smallest absolute Gasteiger partial charge is 0.106 e. The molecule has 3 heteroatoms. The van der Waals surface area contributed by atoms with Gasteiger partial charge in [0, 0.05) is 6.42 Å². The third kappa shape index (κ3) is 5.12. The zero-order valence-corrected chi connectivity index (χ0v) is 13.2. The molecule has 1 saturated carbocycles. The maximum atomic E-state index is 9.28. The summed E-state index contributed by atoms with van der Waals surface area (Å²) in [6.45, 7) is 11.6. The first-order valence-corrected chi connectivity index (χ1v) is 7.72. The highest BCUT2D eigenvalue weighted by molar-refractivity contribution is 5.04. The third-order valence-electron chi connectivity index (χ3n) is 4.48. The number of ether oxygens (including phenoxy) is 1. The highest BCUT2D eigenvalue weighted by atomic mass is 16.5. The molecule has 0 spiro atoms. The number of nitrogens with one attached hydrogen (secondary N) is 1. The van der Waals surface area contributed by atoms with E-state index in [0.717, 1.165) is 31.2 Å². The van der Waals surface area contributed by atoms with Gasteiger partial charge in [-0.15, -0.1) is 0 Å². The molecular weight excluding hydrogens is 236 g/mol. The second kappa shape index (κ2) is 7.26. The van der Waals surface area contributed by atoms with Gasteiger partial charge in [-0.2, -0.15) is 5.26 Å². The lowest BCUT2D eigenvalue weighted by molar-refractivity contribution is -0.0479. The summed E-state index contributed by atoms with van der Waals surface area (Å²) in [4.78, 5) is 0. The lowest BCUT2D eigenvalue weighted by atomic mass is 9.80. The van der Waals surface area contributed by atoms with Crippen LogP contribution in [0.5, 0.6) is 0 Å². The summed E-state index contributed by atoms with van der Waals surface area (Å²) in [5, 5.41) is 12.5. The maximum absolute atomic E-state index is 9.28. The fourth-order valence-corrected chi connectivity index (χ4v) is 3.12. The van der Waals surface area contributed by atoms with Gasteiger partial charge in [-0.3, -0.25) is 5.32 Å². The lowest BCUT2D eigenvalue weighted by Gasteiger charge is -2.35. The van der Waals surface area contributed by atoms with Crippen LogP contribution in [0.4, 0.5) is 0 Å². The van der Waals surface area contributed by atoms with Crippen molar-refractivity contribution in [2.24, 2.45) is 11.8 Å². The van der Waals surface area contributed by atoms with Crippen LogP contribution in [0.1, 0.15) is 60.3 Å². The van der Waals surface area contributed by atoms with E-state index >= 15 is 0 Å². The van der Waals surface area contributed by atoms with Crippen LogP contribution in [0.25, 0.3) is 0 Å². The quantitative estimate of drug-likeness (QED) is 0.800. The average molecular weight is 266 g/mol. The largest absolute Gasteiger partial charge is 0.375 e. The SMILES string of the molecule is CCNC(C)(C#N)CC(C)OC1CCC(C)C(C)C1. The average Bonchev–Trinajstić information content (AvgIpc) is 2.34. The van der Waals surface area contributed by atoms with Crippen LogP contribution in [0.15, 0.2) is 0 Å². The monoisotopic (exact) mass is 266 g/mol. The molecule has 0 heterocycles. The van der Waals surface area contributed by atoms with E-state index in [-0.39, 0.29) is 6.10 Å². The predicted molar refractivity (Wildman–Crippen MR) is 78.8 cm³/mol. The Hall–Kier alpha value is -0.590. The Balaban J connectivity index is 2.43. The summed E-state index contributed by atoms with van der Waals surface area (Å²) >= 11 is 0. The first-order chi connectivity index (χ1) is 8.90. The van der Waals surface area contributed by atoms with E-state index in [1.54, 1.807) is 0 Å². The lowest BCUT2D eigenvalue weighted by Crippen LogP contribution is -2.44. The van der Waals surface area contributed by atoms with Crippen LogP contribution in [0, 0.1) is 23.2 Å². The molecule has 0 amide bonds. The summed E-state index contributed by atoms with van der Waals surface area (Å²) in [5.74, 6) is 1.57. The molecule has 110 valence electrons. The Morgan fingerprint density at radius 2 is 2.05 bits per heavy atom. The van der Waals surface area contributed by atoms with Gasteiger partial charge in [-0.25, -0.2) is 0 Å². The van der Waals surface area contributed by atoms with Crippen LogP contribution >= 0.6 is 0 Å². The standard InChI is InChI=1S/C16H30N2O/c1-6-18-16(5,11-17)10-14(4)19-15-8-7-12(2)13(3)9-15/h12-15,18H,6-10H2,1-5H3. The zero-order chi connectivity index (χ0) is 14.5. The van der Waals surface area contributed by atoms with Crippen LogP contribution < -0.4 is 5.32 Å². The summed E-state index contributed by atoms with van der Waals surface area (Å²) in [7, 11) is 0. The van der Waals surface area contributed by atoms with E-state index in [1.807, 2.05) is 13.8 Å². The van der Waals surface area contributed by atoms with Crippen LogP contribution in [0.3, 0.4) is 0 Å². The first kappa shape index (κ1) is 16.5. The minimum Gasteiger partial charge on any atom is -0.375 e. The molecule has 5 unspecified atom stereocenters. The minimum atomic E-state index is -0.470. The molecule has 1 N–H and O–H groups in total. The second-order valence-electron chi connectivity index (χ2n) is 6.51. The third-order valence-corrected chi connectivity index (χ3v) is 4.48. The normalized spacial score (nSPS) is 32.3. The molecule has 3 nitrogen and oxygen atoms in total. The van der Waals surface area contributed by atoms with Gasteiger partial charge in [-0.1, -0.05) is 20.8 Å². The fraction of sp³-hybridized carbons (Fsp3) is 0.938. The molecule has 1 fully saturated rings. The summed E-state index contributed by atoms with van der Waals surface area (Å²) in [5.41, 5.74) is -0.470. The highest BCUT2D eigenvalue weighted by Crippen LogP contribution is 2.32. The molecule has 1 aliphatic rings. The van der Waals surface area contributed by atoms with Crippen LogP contribution in [0.2, 0.25) is 0 Å². The van der Waals surface area contributed by atoms with Gasteiger partial charge in [0.2, 0.25) is 0 Å². The van der Waals surface area contributed by atoms with Crippen molar-refractivity contribution in [1.29, 1.82) is 5.26 Å². The van der Waals surface area contributed by atoms with Crippen molar-refractivity contribution in [3.8, 4) is 6.07 Å². The van der Waals surface area contributed by atoms with E-state index in [0.29, 0.717) is 6.10 Å². The van der Waals surface area contributed by atoms with E-state index in [4.69, 9.17) is 4.74 Å². The molecule has 0 aromatic heterocycles. The van der Waals surface area contributed by atoms with Gasteiger partial charge in [-0.05, 0) is 51.5 Å². The van der Waals surface area contributed by atoms with Crippen LogP contribution in [-0.2, 0) is 4.74 Å². The molecule has 0 bridgehead atoms. The minimum absolute atomic E-state index is 0.134.